The van der Waals surface area contributed by atoms with E-state index in [9.17, 15) is 10.5 Å². The molecule has 0 atom stereocenters. The molecule has 25 heavy (non-hydrogen) atoms. The van der Waals surface area contributed by atoms with E-state index in [0.29, 0.717) is 16.8 Å². The second-order valence-electron chi connectivity index (χ2n) is 5.78. The van der Waals surface area contributed by atoms with Crippen LogP contribution in [0, 0.1) is 29.6 Å². The van der Waals surface area contributed by atoms with Crippen LogP contribution in [0.1, 0.15) is 34.9 Å². The maximum absolute atomic E-state index is 9.55. The fourth-order valence-corrected chi connectivity index (χ4v) is 3.06. The monoisotopic (exact) mass is 328 g/mol. The van der Waals surface area contributed by atoms with Crippen molar-refractivity contribution in [3.63, 3.8) is 0 Å². The highest BCUT2D eigenvalue weighted by molar-refractivity contribution is 6.08. The molecular weight excluding hydrogens is 312 g/mol. The highest BCUT2D eigenvalue weighted by Gasteiger charge is 2.29. The van der Waals surface area contributed by atoms with Crippen LogP contribution < -0.4 is 10.5 Å². The number of nitrogens with two attached hydrogens (primary N) is 1. The van der Waals surface area contributed by atoms with Crippen LogP contribution in [0.2, 0.25) is 0 Å². The number of fused-ring (bicyclic) bond motifs is 1. The number of nitrogen functional groups attached to an aromatic ring is 1. The maximum Gasteiger partial charge on any atom is 0.142 e. The van der Waals surface area contributed by atoms with Crippen LogP contribution in [0.5, 0.6) is 5.75 Å². The second kappa shape index (κ2) is 6.14. The predicted octanol–water partition coefficient (Wildman–Crippen LogP) is 3.70. The van der Waals surface area contributed by atoms with Gasteiger partial charge < -0.3 is 10.5 Å². The molecular formula is C20H16N4O. The van der Waals surface area contributed by atoms with E-state index in [0.717, 1.165) is 33.6 Å². The fourth-order valence-electron chi connectivity index (χ4n) is 3.06. The summed E-state index contributed by atoms with van der Waals surface area (Å²) in [5, 5.41) is 18.9. The third-order valence-electron chi connectivity index (χ3n) is 4.41. The highest BCUT2D eigenvalue weighted by Crippen LogP contribution is 2.44. The minimum absolute atomic E-state index is 0.157. The third-order valence-corrected chi connectivity index (χ3v) is 4.41. The van der Waals surface area contributed by atoms with Gasteiger partial charge in [-0.25, -0.2) is 4.98 Å². The molecule has 3 rings (SSSR count). The Labute approximate surface area is 146 Å². The molecule has 5 heteroatoms. The van der Waals surface area contributed by atoms with Crippen molar-refractivity contribution in [3.8, 4) is 17.9 Å². The van der Waals surface area contributed by atoms with Crippen molar-refractivity contribution in [3.05, 3.63) is 57.8 Å². The first-order valence-corrected chi connectivity index (χ1v) is 7.69. The Balaban J connectivity index is 2.26. The number of hydrogen-bond acceptors (Lipinski definition) is 5. The molecule has 2 N–H and O–H groups in total. The van der Waals surface area contributed by atoms with Gasteiger partial charge in [0.05, 0.1) is 23.9 Å². The lowest BCUT2D eigenvalue weighted by atomic mass is 9.95. The van der Waals surface area contributed by atoms with E-state index in [4.69, 9.17) is 10.5 Å². The lowest BCUT2D eigenvalue weighted by molar-refractivity contribution is 0.415. The van der Waals surface area contributed by atoms with Crippen LogP contribution in [-0.4, -0.2) is 12.1 Å². The number of nitriles is 2. The molecule has 2 aromatic rings. The molecule has 0 amide bonds. The summed E-state index contributed by atoms with van der Waals surface area (Å²) in [5.74, 6) is 0.932. The normalized spacial score (nSPS) is 14.2. The topological polar surface area (TPSA) is 95.7 Å². The summed E-state index contributed by atoms with van der Waals surface area (Å²) in [4.78, 5) is 4.32. The van der Waals surface area contributed by atoms with Crippen molar-refractivity contribution in [2.45, 2.75) is 13.8 Å². The molecule has 0 radical (unpaired) electrons. The van der Waals surface area contributed by atoms with Gasteiger partial charge in [0.25, 0.3) is 0 Å². The van der Waals surface area contributed by atoms with Crippen molar-refractivity contribution in [1.82, 2.24) is 4.98 Å². The number of hydrogen-bond donors (Lipinski definition) is 1. The van der Waals surface area contributed by atoms with Crippen LogP contribution >= 0.6 is 0 Å². The van der Waals surface area contributed by atoms with Gasteiger partial charge in [-0.15, -0.1) is 0 Å². The summed E-state index contributed by atoms with van der Waals surface area (Å²) in [6, 6.07) is 12.0. The van der Waals surface area contributed by atoms with E-state index >= 15 is 0 Å². The standard InChI is InChI=1S/C20H16N4O/c1-11-15(8-13-4-6-14(25-3)7-5-13)18-12(2)17(10-22)20(23)24-19(18)16(11)9-21/h4-8H,1-3H3,(H2,23,24)/b15-8-. The van der Waals surface area contributed by atoms with E-state index in [-0.39, 0.29) is 5.82 Å². The molecule has 0 fully saturated rings. The first kappa shape index (κ1) is 16.3. The summed E-state index contributed by atoms with van der Waals surface area (Å²) >= 11 is 0. The Morgan fingerprint density at radius 3 is 2.36 bits per heavy atom. The number of pyridine rings is 1. The van der Waals surface area contributed by atoms with Gasteiger partial charge in [0.2, 0.25) is 0 Å². The van der Waals surface area contributed by atoms with E-state index < -0.39 is 0 Å². The van der Waals surface area contributed by atoms with E-state index in [2.05, 4.69) is 17.1 Å². The Kier molecular flexibility index (Phi) is 4.00. The average molecular weight is 328 g/mol. The molecule has 5 nitrogen and oxygen atoms in total. The molecule has 0 unspecified atom stereocenters. The van der Waals surface area contributed by atoms with Gasteiger partial charge in [0.1, 0.15) is 23.7 Å². The van der Waals surface area contributed by atoms with Crippen LogP contribution in [-0.2, 0) is 0 Å². The van der Waals surface area contributed by atoms with Gasteiger partial charge in [-0.2, -0.15) is 10.5 Å². The van der Waals surface area contributed by atoms with Crippen LogP contribution in [0.3, 0.4) is 0 Å². The van der Waals surface area contributed by atoms with Gasteiger partial charge in [-0.3, -0.25) is 0 Å². The Morgan fingerprint density at radius 2 is 1.80 bits per heavy atom. The summed E-state index contributed by atoms with van der Waals surface area (Å²) in [5.41, 5.74) is 11.5. The number of aromatic nitrogens is 1. The minimum atomic E-state index is 0.157. The molecule has 122 valence electrons. The Morgan fingerprint density at radius 1 is 1.12 bits per heavy atom. The van der Waals surface area contributed by atoms with Gasteiger partial charge in [0, 0.05) is 5.56 Å². The van der Waals surface area contributed by atoms with E-state index in [1.165, 1.54) is 0 Å². The number of ether oxygens (including phenoxy) is 1. The quantitative estimate of drug-likeness (QED) is 0.906. The number of anilines is 1. The minimum Gasteiger partial charge on any atom is -0.497 e. The number of rotatable bonds is 2. The molecule has 0 saturated carbocycles. The summed E-state index contributed by atoms with van der Waals surface area (Å²) in [6.45, 7) is 3.72. The van der Waals surface area contributed by atoms with Crippen LogP contribution in [0.15, 0.2) is 29.8 Å². The summed E-state index contributed by atoms with van der Waals surface area (Å²) in [6.07, 6.45) is 1.99. The molecule has 0 saturated heterocycles. The van der Waals surface area contributed by atoms with Crippen molar-refractivity contribution in [1.29, 1.82) is 10.5 Å². The fraction of sp³-hybridized carbons (Fsp3) is 0.150. The van der Waals surface area contributed by atoms with Crippen molar-refractivity contribution in [2.24, 2.45) is 0 Å². The largest absolute Gasteiger partial charge is 0.497 e. The van der Waals surface area contributed by atoms with Crippen LogP contribution in [0.25, 0.3) is 17.2 Å². The SMILES string of the molecule is COc1ccc(/C=C2/C(C)=C(C#N)c3nc(N)c(C#N)c(C)c32)cc1. The molecule has 1 aromatic carbocycles. The molecule has 0 spiro atoms. The number of benzene rings is 1. The lowest BCUT2D eigenvalue weighted by Gasteiger charge is -2.11. The predicted molar refractivity (Wildman–Crippen MR) is 97.2 cm³/mol. The zero-order chi connectivity index (χ0) is 18.1. The van der Waals surface area contributed by atoms with Crippen molar-refractivity contribution < 1.29 is 4.74 Å². The molecule has 1 aromatic heterocycles. The summed E-state index contributed by atoms with van der Waals surface area (Å²) < 4.78 is 5.18. The van der Waals surface area contributed by atoms with Crippen LogP contribution in [0.4, 0.5) is 5.82 Å². The van der Waals surface area contributed by atoms with E-state index in [1.54, 1.807) is 7.11 Å². The molecule has 1 aliphatic rings. The third kappa shape index (κ3) is 2.52. The summed E-state index contributed by atoms with van der Waals surface area (Å²) in [7, 11) is 1.62. The van der Waals surface area contributed by atoms with Gasteiger partial charge >= 0.3 is 0 Å². The lowest BCUT2D eigenvalue weighted by Crippen LogP contribution is -2.03. The van der Waals surface area contributed by atoms with Gasteiger partial charge in [0.15, 0.2) is 0 Å². The van der Waals surface area contributed by atoms with E-state index in [1.807, 2.05) is 44.2 Å². The average Bonchev–Trinajstić information content (AvgIpc) is 2.87. The van der Waals surface area contributed by atoms with Gasteiger partial charge in [-0.1, -0.05) is 12.1 Å². The molecule has 0 aliphatic heterocycles. The number of methoxy groups -OCH3 is 1. The Bertz CT molecular complexity index is 1020. The number of allylic oxidation sites excluding steroid dienone is 3. The van der Waals surface area contributed by atoms with Gasteiger partial charge in [-0.05, 0) is 54.3 Å². The molecule has 0 bridgehead atoms. The number of nitrogens with zero attached hydrogens (tertiary/aromatic N) is 3. The van der Waals surface area contributed by atoms with Crippen molar-refractivity contribution in [2.75, 3.05) is 12.8 Å². The first-order chi connectivity index (χ1) is 12.0. The first-order valence-electron chi connectivity index (χ1n) is 7.69. The zero-order valence-corrected chi connectivity index (χ0v) is 14.2. The second-order valence-corrected chi connectivity index (χ2v) is 5.78. The highest BCUT2D eigenvalue weighted by atomic mass is 16.5. The van der Waals surface area contributed by atoms with Crippen molar-refractivity contribution >= 4 is 23.0 Å². The molecule has 1 aliphatic carbocycles. The Hall–Kier alpha value is -3.57. The zero-order valence-electron chi connectivity index (χ0n) is 14.2. The smallest absolute Gasteiger partial charge is 0.142 e. The molecule has 1 heterocycles. The maximum atomic E-state index is 9.55.